The Morgan fingerprint density at radius 2 is 2.08 bits per heavy atom. The third kappa shape index (κ3) is 3.68. The van der Waals surface area contributed by atoms with Crippen LogP contribution in [0.15, 0.2) is 67.4 Å². The molecule has 1 aromatic carbocycles. The van der Waals surface area contributed by atoms with E-state index in [4.69, 9.17) is 0 Å². The van der Waals surface area contributed by atoms with Gasteiger partial charge in [0.25, 0.3) is 0 Å². The number of nitrogens with zero attached hydrogens (tertiary/aromatic N) is 3. The Labute approximate surface area is 145 Å². The summed E-state index contributed by atoms with van der Waals surface area (Å²) in [5.74, 6) is 1.21. The minimum Gasteiger partial charge on any atom is -0.335 e. The largest absolute Gasteiger partial charge is 0.335 e. The molecule has 2 amide bonds. The number of hydrogen-bond acceptors (Lipinski definition) is 3. The molecule has 0 spiro atoms. The first-order valence-electron chi connectivity index (χ1n) is 8.32. The van der Waals surface area contributed by atoms with Gasteiger partial charge in [0, 0.05) is 37.1 Å². The van der Waals surface area contributed by atoms with E-state index in [-0.39, 0.29) is 12.1 Å². The minimum absolute atomic E-state index is 0.135. The third-order valence-corrected chi connectivity index (χ3v) is 4.37. The monoisotopic (exact) mass is 333 g/mol. The van der Waals surface area contributed by atoms with Crippen LogP contribution >= 0.6 is 0 Å². The summed E-state index contributed by atoms with van der Waals surface area (Å²) in [5, 5.41) is 5.95. The third-order valence-electron chi connectivity index (χ3n) is 4.37. The lowest BCUT2D eigenvalue weighted by Gasteiger charge is -2.09. The van der Waals surface area contributed by atoms with Crippen molar-refractivity contribution in [3.05, 3.63) is 78.5 Å². The average Bonchev–Trinajstić information content (AvgIpc) is 3.19. The van der Waals surface area contributed by atoms with Gasteiger partial charge in [-0.1, -0.05) is 30.3 Å². The molecule has 2 aromatic heterocycles. The number of amides is 2. The van der Waals surface area contributed by atoms with Gasteiger partial charge in [0.05, 0.1) is 0 Å². The number of nitrogens with one attached hydrogen (secondary N) is 2. The quantitative estimate of drug-likeness (QED) is 0.754. The van der Waals surface area contributed by atoms with Crippen LogP contribution in [0.3, 0.4) is 0 Å². The fourth-order valence-electron chi connectivity index (χ4n) is 2.93. The summed E-state index contributed by atoms with van der Waals surface area (Å²) in [5.41, 5.74) is 2.27. The number of imidazole rings is 1. The van der Waals surface area contributed by atoms with Crippen molar-refractivity contribution < 1.29 is 4.79 Å². The Morgan fingerprint density at radius 1 is 1.20 bits per heavy atom. The molecule has 1 aliphatic rings. The van der Waals surface area contributed by atoms with Crippen LogP contribution in [0.25, 0.3) is 5.82 Å². The van der Waals surface area contributed by atoms with Gasteiger partial charge >= 0.3 is 6.03 Å². The predicted molar refractivity (Wildman–Crippen MR) is 94.3 cm³/mol. The molecule has 6 heteroatoms. The molecule has 126 valence electrons. The van der Waals surface area contributed by atoms with E-state index in [0.29, 0.717) is 12.5 Å². The van der Waals surface area contributed by atoms with Crippen LogP contribution in [-0.2, 0) is 6.54 Å². The van der Waals surface area contributed by atoms with Gasteiger partial charge in [-0.15, -0.1) is 0 Å². The maximum Gasteiger partial charge on any atom is 0.315 e. The SMILES string of the molecule is O=C(NCc1ccnc(-n2ccnc2)c1)N[C@@H]1C[C@H]1c1ccccc1. The second-order valence-corrected chi connectivity index (χ2v) is 6.18. The molecule has 0 unspecified atom stereocenters. The maximum atomic E-state index is 12.1. The molecule has 4 rings (SSSR count). The molecule has 1 fully saturated rings. The van der Waals surface area contributed by atoms with E-state index < -0.39 is 0 Å². The van der Waals surface area contributed by atoms with Crippen LogP contribution in [-0.4, -0.2) is 26.6 Å². The maximum absolute atomic E-state index is 12.1. The first-order valence-corrected chi connectivity index (χ1v) is 8.32. The molecule has 25 heavy (non-hydrogen) atoms. The number of carbonyl (C=O) groups is 1. The Hall–Kier alpha value is -3.15. The standard InChI is InChI=1S/C19H19N5O/c25-19(23-17-11-16(17)15-4-2-1-3-5-15)22-12-14-6-7-21-18(10-14)24-9-8-20-13-24/h1-10,13,16-17H,11-12H2,(H2,22,23,25)/t16-,17+/m0/s1. The van der Waals surface area contributed by atoms with E-state index in [1.54, 1.807) is 18.7 Å². The second kappa shape index (κ2) is 6.76. The number of benzene rings is 1. The molecular weight excluding hydrogens is 314 g/mol. The molecule has 1 saturated carbocycles. The zero-order valence-corrected chi connectivity index (χ0v) is 13.7. The Kier molecular flexibility index (Phi) is 4.16. The second-order valence-electron chi connectivity index (χ2n) is 6.18. The minimum atomic E-state index is -0.135. The highest BCUT2D eigenvalue weighted by Gasteiger charge is 2.39. The Balaban J connectivity index is 1.29. The van der Waals surface area contributed by atoms with Crippen LogP contribution in [0.4, 0.5) is 4.79 Å². The van der Waals surface area contributed by atoms with Crippen molar-refractivity contribution in [3.8, 4) is 5.82 Å². The molecule has 1 aliphatic carbocycles. The number of carbonyl (C=O) groups excluding carboxylic acids is 1. The van der Waals surface area contributed by atoms with E-state index in [9.17, 15) is 4.79 Å². The summed E-state index contributed by atoms with van der Waals surface area (Å²) in [4.78, 5) is 20.4. The molecular formula is C19H19N5O. The van der Waals surface area contributed by atoms with Gasteiger partial charge in [-0.25, -0.2) is 14.8 Å². The molecule has 0 saturated heterocycles. The van der Waals surface area contributed by atoms with E-state index in [0.717, 1.165) is 17.8 Å². The Morgan fingerprint density at radius 3 is 2.88 bits per heavy atom. The number of aromatic nitrogens is 3. The van der Waals surface area contributed by atoms with Crippen molar-refractivity contribution >= 4 is 6.03 Å². The van der Waals surface area contributed by atoms with Crippen LogP contribution in [0.2, 0.25) is 0 Å². The lowest BCUT2D eigenvalue weighted by Crippen LogP contribution is -2.36. The first kappa shape index (κ1) is 15.4. The summed E-state index contributed by atoms with van der Waals surface area (Å²) in [6, 6.07) is 14.2. The van der Waals surface area contributed by atoms with Crippen LogP contribution in [0.1, 0.15) is 23.5 Å². The summed E-state index contributed by atoms with van der Waals surface area (Å²) in [6.45, 7) is 0.457. The van der Waals surface area contributed by atoms with Gasteiger partial charge in [0.1, 0.15) is 12.1 Å². The molecule has 2 N–H and O–H groups in total. The van der Waals surface area contributed by atoms with Crippen LogP contribution < -0.4 is 10.6 Å². The van der Waals surface area contributed by atoms with Crippen molar-refractivity contribution in [2.24, 2.45) is 0 Å². The lowest BCUT2D eigenvalue weighted by molar-refractivity contribution is 0.240. The van der Waals surface area contributed by atoms with Crippen molar-refractivity contribution in [2.45, 2.75) is 24.9 Å². The van der Waals surface area contributed by atoms with Crippen molar-refractivity contribution in [3.63, 3.8) is 0 Å². The van der Waals surface area contributed by atoms with Crippen LogP contribution in [0.5, 0.6) is 0 Å². The highest BCUT2D eigenvalue weighted by molar-refractivity contribution is 5.75. The zero-order chi connectivity index (χ0) is 17.1. The highest BCUT2D eigenvalue weighted by Crippen LogP contribution is 2.40. The predicted octanol–water partition coefficient (Wildman–Crippen LogP) is 2.62. The van der Waals surface area contributed by atoms with E-state index in [2.05, 4.69) is 32.7 Å². The number of urea groups is 1. The van der Waals surface area contributed by atoms with Gasteiger partial charge < -0.3 is 10.6 Å². The van der Waals surface area contributed by atoms with Crippen molar-refractivity contribution in [2.75, 3.05) is 0 Å². The molecule has 3 aromatic rings. The van der Waals surface area contributed by atoms with E-state index in [1.165, 1.54) is 5.56 Å². The zero-order valence-electron chi connectivity index (χ0n) is 13.7. The average molecular weight is 333 g/mol. The number of pyridine rings is 1. The van der Waals surface area contributed by atoms with Gasteiger partial charge in [0.15, 0.2) is 0 Å². The molecule has 0 aliphatic heterocycles. The number of rotatable bonds is 5. The van der Waals surface area contributed by atoms with Crippen molar-refractivity contribution in [1.29, 1.82) is 0 Å². The normalized spacial score (nSPS) is 18.6. The first-order chi connectivity index (χ1) is 12.3. The number of hydrogen-bond donors (Lipinski definition) is 2. The summed E-state index contributed by atoms with van der Waals surface area (Å²) < 4.78 is 1.83. The Bertz CT molecular complexity index is 847. The lowest BCUT2D eigenvalue weighted by atomic mass is 10.1. The fraction of sp³-hybridized carbons (Fsp3) is 0.211. The summed E-state index contributed by atoms with van der Waals surface area (Å²) in [7, 11) is 0. The molecule has 0 bridgehead atoms. The van der Waals surface area contributed by atoms with Gasteiger partial charge in [0.2, 0.25) is 0 Å². The fourth-order valence-corrected chi connectivity index (χ4v) is 2.93. The summed E-state index contributed by atoms with van der Waals surface area (Å²) >= 11 is 0. The van der Waals surface area contributed by atoms with E-state index in [1.807, 2.05) is 41.1 Å². The highest BCUT2D eigenvalue weighted by atomic mass is 16.2. The summed E-state index contributed by atoms with van der Waals surface area (Å²) in [6.07, 6.45) is 7.97. The van der Waals surface area contributed by atoms with Crippen LogP contribution in [0, 0.1) is 0 Å². The molecule has 2 atom stereocenters. The molecule has 6 nitrogen and oxygen atoms in total. The molecule has 2 heterocycles. The van der Waals surface area contributed by atoms with Gasteiger partial charge in [-0.05, 0) is 29.7 Å². The molecule has 0 radical (unpaired) electrons. The van der Waals surface area contributed by atoms with Crippen molar-refractivity contribution in [1.82, 2.24) is 25.2 Å². The van der Waals surface area contributed by atoms with Gasteiger partial charge in [-0.3, -0.25) is 4.57 Å². The van der Waals surface area contributed by atoms with Gasteiger partial charge in [-0.2, -0.15) is 0 Å². The topological polar surface area (TPSA) is 71.8 Å². The van der Waals surface area contributed by atoms with E-state index >= 15 is 0 Å². The smallest absolute Gasteiger partial charge is 0.315 e.